The van der Waals surface area contributed by atoms with Crippen molar-refractivity contribution in [3.05, 3.63) is 59.0 Å². The summed E-state index contributed by atoms with van der Waals surface area (Å²) in [5.41, 5.74) is 2.17. The molecule has 0 bridgehead atoms. The zero-order valence-corrected chi connectivity index (χ0v) is 12.2. The minimum atomic E-state index is 0.729. The van der Waals surface area contributed by atoms with Crippen LogP contribution in [0.2, 0.25) is 0 Å². The van der Waals surface area contributed by atoms with Gasteiger partial charge >= 0.3 is 0 Å². The fourth-order valence-electron chi connectivity index (χ4n) is 2.28. The Balaban J connectivity index is 1.74. The van der Waals surface area contributed by atoms with Gasteiger partial charge in [0.15, 0.2) is 5.82 Å². The number of aryl methyl sites for hydroxylation is 1. The van der Waals surface area contributed by atoms with Crippen molar-refractivity contribution >= 4 is 16.3 Å². The van der Waals surface area contributed by atoms with E-state index in [1.807, 2.05) is 31.2 Å². The third-order valence-corrected chi connectivity index (χ3v) is 4.23. The van der Waals surface area contributed by atoms with E-state index in [4.69, 9.17) is 4.42 Å². The number of nitrogens with zero attached hydrogens (tertiary/aromatic N) is 4. The minimum Gasteiger partial charge on any atom is -0.469 e. The summed E-state index contributed by atoms with van der Waals surface area (Å²) in [6.07, 6.45) is 2.46. The van der Waals surface area contributed by atoms with Crippen molar-refractivity contribution in [1.82, 2.24) is 19.8 Å². The molecular weight excluding hydrogens is 284 g/mol. The van der Waals surface area contributed by atoms with Gasteiger partial charge in [-0.15, -0.1) is 10.2 Å². The molecule has 4 aromatic rings. The summed E-state index contributed by atoms with van der Waals surface area (Å²) in [5, 5.41) is 14.1. The number of aromatic nitrogens is 4. The van der Waals surface area contributed by atoms with Gasteiger partial charge in [0.05, 0.1) is 11.8 Å². The minimum absolute atomic E-state index is 0.729. The molecule has 5 nitrogen and oxygen atoms in total. The van der Waals surface area contributed by atoms with Crippen LogP contribution < -0.4 is 0 Å². The molecule has 0 aliphatic carbocycles. The second-order valence-corrected chi connectivity index (χ2v) is 5.81. The molecule has 1 aromatic carbocycles. The lowest BCUT2D eigenvalue weighted by molar-refractivity contribution is 0.535. The predicted molar refractivity (Wildman–Crippen MR) is 80.3 cm³/mol. The van der Waals surface area contributed by atoms with Crippen molar-refractivity contribution in [3.8, 4) is 11.4 Å². The van der Waals surface area contributed by atoms with Gasteiger partial charge in [-0.3, -0.25) is 0 Å². The van der Waals surface area contributed by atoms with Gasteiger partial charge in [0.2, 0.25) is 4.96 Å². The SMILES string of the molecule is Cc1occc1-c1nnc2sc(Cc3ccccc3)nn12. The zero-order valence-electron chi connectivity index (χ0n) is 11.4. The van der Waals surface area contributed by atoms with Crippen molar-refractivity contribution in [3.63, 3.8) is 0 Å². The lowest BCUT2D eigenvalue weighted by Crippen LogP contribution is -1.93. The molecule has 104 valence electrons. The van der Waals surface area contributed by atoms with Crippen LogP contribution in [0.4, 0.5) is 0 Å². The summed E-state index contributed by atoms with van der Waals surface area (Å²) >= 11 is 1.56. The molecule has 4 rings (SSSR count). The number of benzene rings is 1. The van der Waals surface area contributed by atoms with Crippen molar-refractivity contribution in [1.29, 1.82) is 0 Å². The van der Waals surface area contributed by atoms with E-state index >= 15 is 0 Å². The molecule has 0 N–H and O–H groups in total. The molecule has 0 atom stereocenters. The van der Waals surface area contributed by atoms with E-state index in [1.54, 1.807) is 22.1 Å². The van der Waals surface area contributed by atoms with E-state index < -0.39 is 0 Å². The van der Waals surface area contributed by atoms with Crippen LogP contribution in [-0.2, 0) is 6.42 Å². The molecule has 0 aliphatic rings. The van der Waals surface area contributed by atoms with Crippen LogP contribution in [0, 0.1) is 6.92 Å². The van der Waals surface area contributed by atoms with Gasteiger partial charge in [-0.25, -0.2) is 0 Å². The lowest BCUT2D eigenvalue weighted by Gasteiger charge is -1.96. The molecule has 0 radical (unpaired) electrons. The first-order chi connectivity index (χ1) is 10.3. The molecule has 3 aromatic heterocycles. The van der Waals surface area contributed by atoms with Crippen LogP contribution in [-0.4, -0.2) is 19.8 Å². The van der Waals surface area contributed by atoms with Crippen LogP contribution in [0.1, 0.15) is 16.3 Å². The Hall–Kier alpha value is -2.47. The van der Waals surface area contributed by atoms with Gasteiger partial charge in [-0.1, -0.05) is 41.7 Å². The molecule has 0 unspecified atom stereocenters. The average Bonchev–Trinajstić information content (AvgIpc) is 3.16. The lowest BCUT2D eigenvalue weighted by atomic mass is 10.2. The second kappa shape index (κ2) is 4.82. The van der Waals surface area contributed by atoms with Crippen LogP contribution in [0.5, 0.6) is 0 Å². The first-order valence-electron chi connectivity index (χ1n) is 6.61. The van der Waals surface area contributed by atoms with Gasteiger partial charge < -0.3 is 4.42 Å². The Kier molecular flexibility index (Phi) is 2.82. The molecule has 3 heterocycles. The topological polar surface area (TPSA) is 56.2 Å². The Morgan fingerprint density at radius 2 is 2.00 bits per heavy atom. The molecule has 0 saturated carbocycles. The maximum atomic E-state index is 5.33. The summed E-state index contributed by atoms with van der Waals surface area (Å²) in [5.74, 6) is 1.55. The maximum Gasteiger partial charge on any atom is 0.234 e. The van der Waals surface area contributed by atoms with Gasteiger partial charge in [0, 0.05) is 6.42 Å². The van der Waals surface area contributed by atoms with Crippen molar-refractivity contribution in [2.75, 3.05) is 0 Å². The van der Waals surface area contributed by atoms with Crippen molar-refractivity contribution < 1.29 is 4.42 Å². The summed E-state index contributed by atoms with van der Waals surface area (Å²) in [6.45, 7) is 1.91. The third-order valence-electron chi connectivity index (χ3n) is 3.33. The smallest absolute Gasteiger partial charge is 0.234 e. The molecule has 0 aliphatic heterocycles. The molecule has 21 heavy (non-hydrogen) atoms. The Bertz CT molecular complexity index is 891. The van der Waals surface area contributed by atoms with Crippen LogP contribution in [0.15, 0.2) is 47.1 Å². The number of furan rings is 1. The Morgan fingerprint density at radius 3 is 2.76 bits per heavy atom. The molecule has 0 saturated heterocycles. The number of hydrogen-bond acceptors (Lipinski definition) is 5. The summed E-state index contributed by atoms with van der Waals surface area (Å²) in [4.78, 5) is 0.802. The molecule has 0 amide bonds. The van der Waals surface area contributed by atoms with Crippen LogP contribution in [0.25, 0.3) is 16.3 Å². The fourth-order valence-corrected chi connectivity index (χ4v) is 3.15. The van der Waals surface area contributed by atoms with Gasteiger partial charge in [0.1, 0.15) is 10.8 Å². The highest BCUT2D eigenvalue weighted by atomic mass is 32.1. The summed E-state index contributed by atoms with van der Waals surface area (Å²) in [7, 11) is 0. The van der Waals surface area contributed by atoms with E-state index in [2.05, 4.69) is 27.4 Å². The molecular formula is C15H12N4OS. The monoisotopic (exact) mass is 296 g/mol. The normalized spacial score (nSPS) is 11.3. The summed E-state index contributed by atoms with van der Waals surface area (Å²) in [6, 6.07) is 12.2. The number of hydrogen-bond donors (Lipinski definition) is 0. The Morgan fingerprint density at radius 1 is 1.14 bits per heavy atom. The summed E-state index contributed by atoms with van der Waals surface area (Å²) < 4.78 is 7.13. The van der Waals surface area contributed by atoms with Gasteiger partial charge in [0.25, 0.3) is 0 Å². The first-order valence-corrected chi connectivity index (χ1v) is 7.42. The molecule has 0 fully saturated rings. The zero-order chi connectivity index (χ0) is 14.2. The standard InChI is InChI=1S/C15H12N4OS/c1-10-12(7-8-20-10)14-16-17-15-19(14)18-13(21-15)9-11-5-3-2-4-6-11/h2-8H,9H2,1H3. The second-order valence-electron chi connectivity index (χ2n) is 4.77. The Labute approximate surface area is 124 Å². The average molecular weight is 296 g/mol. The quantitative estimate of drug-likeness (QED) is 0.582. The highest BCUT2D eigenvalue weighted by Gasteiger charge is 2.16. The maximum absolute atomic E-state index is 5.33. The number of fused-ring (bicyclic) bond motifs is 1. The molecule has 0 spiro atoms. The fraction of sp³-hybridized carbons (Fsp3) is 0.133. The van der Waals surface area contributed by atoms with E-state index in [9.17, 15) is 0 Å². The van der Waals surface area contributed by atoms with Crippen LogP contribution >= 0.6 is 11.3 Å². The van der Waals surface area contributed by atoms with Crippen molar-refractivity contribution in [2.45, 2.75) is 13.3 Å². The largest absolute Gasteiger partial charge is 0.469 e. The molecule has 6 heteroatoms. The highest BCUT2D eigenvalue weighted by molar-refractivity contribution is 7.16. The van der Waals surface area contributed by atoms with Crippen molar-refractivity contribution in [2.24, 2.45) is 0 Å². The van der Waals surface area contributed by atoms with E-state index in [1.165, 1.54) is 5.56 Å². The third kappa shape index (κ3) is 2.13. The van der Waals surface area contributed by atoms with E-state index in [-0.39, 0.29) is 0 Å². The van der Waals surface area contributed by atoms with E-state index in [0.717, 1.165) is 33.5 Å². The first kappa shape index (κ1) is 12.3. The van der Waals surface area contributed by atoms with Gasteiger partial charge in [-0.2, -0.15) is 9.61 Å². The number of rotatable bonds is 3. The highest BCUT2D eigenvalue weighted by Crippen LogP contribution is 2.25. The van der Waals surface area contributed by atoms with E-state index in [0.29, 0.717) is 0 Å². The van der Waals surface area contributed by atoms with Crippen LogP contribution in [0.3, 0.4) is 0 Å². The predicted octanol–water partition coefficient (Wildman–Crippen LogP) is 3.35. The van der Waals surface area contributed by atoms with Gasteiger partial charge in [-0.05, 0) is 18.6 Å².